The molecule has 3 N–H and O–H groups in total. The number of carboxylic acid groups (broad SMARTS) is 1. The lowest BCUT2D eigenvalue weighted by Gasteiger charge is -2.28. The Hall–Kier alpha value is -3.22. The minimum Gasteiger partial charge on any atom is -0.478 e. The van der Waals surface area contributed by atoms with Crippen molar-refractivity contribution in [3.05, 3.63) is 95.3 Å². The largest absolute Gasteiger partial charge is 0.478 e. The summed E-state index contributed by atoms with van der Waals surface area (Å²) in [6, 6.07) is 20.6. The fraction of sp³-hybridized carbons (Fsp3) is 0.296. The topological polar surface area (TPSA) is 78.8 Å². The van der Waals surface area contributed by atoms with Crippen LogP contribution in [-0.4, -0.2) is 34.4 Å². The van der Waals surface area contributed by atoms with E-state index >= 15 is 0 Å². The predicted molar refractivity (Wildman–Crippen MR) is 126 cm³/mol. The molecule has 0 aliphatic rings. The van der Waals surface area contributed by atoms with E-state index in [0.29, 0.717) is 36.4 Å². The van der Waals surface area contributed by atoms with Crippen LogP contribution in [0.15, 0.2) is 72.8 Å². The van der Waals surface area contributed by atoms with Gasteiger partial charge in [-0.05, 0) is 86.7 Å². The Bertz CT molecular complexity index is 1050. The number of aliphatic hydroxyl groups excluding tert-OH is 1. The molecule has 3 aromatic rings. The van der Waals surface area contributed by atoms with Gasteiger partial charge in [0.1, 0.15) is 17.3 Å². The molecule has 0 amide bonds. The number of halogens is 1. The van der Waals surface area contributed by atoms with Gasteiger partial charge in [-0.15, -0.1) is 0 Å². The highest BCUT2D eigenvalue weighted by molar-refractivity contribution is 5.87. The molecule has 0 saturated heterocycles. The van der Waals surface area contributed by atoms with Crippen LogP contribution in [0.25, 0.3) is 0 Å². The van der Waals surface area contributed by atoms with Gasteiger partial charge in [0.2, 0.25) is 0 Å². The monoisotopic (exact) mass is 451 g/mol. The number of hydrogen-bond acceptors (Lipinski definition) is 4. The highest BCUT2D eigenvalue weighted by Gasteiger charge is 2.19. The molecule has 1 atom stereocenters. The molecule has 6 heteroatoms. The Labute approximate surface area is 193 Å². The first kappa shape index (κ1) is 24.4. The van der Waals surface area contributed by atoms with Gasteiger partial charge in [-0.3, -0.25) is 0 Å². The van der Waals surface area contributed by atoms with Crippen molar-refractivity contribution in [3.63, 3.8) is 0 Å². The van der Waals surface area contributed by atoms with Gasteiger partial charge in [-0.1, -0.05) is 30.3 Å². The number of aryl methyl sites for hydroxylation is 1. The molecule has 5 nitrogen and oxygen atoms in total. The van der Waals surface area contributed by atoms with E-state index in [1.165, 1.54) is 18.2 Å². The molecule has 1 unspecified atom stereocenters. The van der Waals surface area contributed by atoms with Gasteiger partial charge in [0.25, 0.3) is 0 Å². The molecule has 0 heterocycles. The third-order valence-electron chi connectivity index (χ3n) is 5.43. The molecule has 33 heavy (non-hydrogen) atoms. The average Bonchev–Trinajstić information content (AvgIpc) is 2.79. The summed E-state index contributed by atoms with van der Waals surface area (Å²) in [5.74, 6) is 0.0257. The number of aliphatic hydroxyl groups is 1. The van der Waals surface area contributed by atoms with E-state index in [2.05, 4.69) is 19.2 Å². The van der Waals surface area contributed by atoms with Gasteiger partial charge in [0.05, 0.1) is 11.7 Å². The summed E-state index contributed by atoms with van der Waals surface area (Å²) in [4.78, 5) is 10.9. The van der Waals surface area contributed by atoms with E-state index in [1.54, 1.807) is 30.3 Å². The van der Waals surface area contributed by atoms with Gasteiger partial charge >= 0.3 is 5.97 Å². The summed E-state index contributed by atoms with van der Waals surface area (Å²) in [6.45, 7) is 4.57. The van der Waals surface area contributed by atoms with Crippen LogP contribution in [-0.2, 0) is 12.8 Å². The highest BCUT2D eigenvalue weighted by atomic mass is 19.1. The van der Waals surface area contributed by atoms with E-state index < -0.39 is 12.1 Å². The molecular weight excluding hydrogens is 421 g/mol. The maximum absolute atomic E-state index is 13.7. The van der Waals surface area contributed by atoms with Gasteiger partial charge in [-0.25, -0.2) is 9.18 Å². The highest BCUT2D eigenvalue weighted by Crippen LogP contribution is 2.23. The number of carboxylic acids is 1. The van der Waals surface area contributed by atoms with Gasteiger partial charge in [0.15, 0.2) is 0 Å². The summed E-state index contributed by atoms with van der Waals surface area (Å²) in [6.07, 6.45) is 1.17. The van der Waals surface area contributed by atoms with Gasteiger partial charge < -0.3 is 20.3 Å². The van der Waals surface area contributed by atoms with Crippen molar-refractivity contribution in [1.82, 2.24) is 5.32 Å². The Kier molecular flexibility index (Phi) is 8.20. The summed E-state index contributed by atoms with van der Waals surface area (Å²) < 4.78 is 19.5. The molecule has 0 aromatic heterocycles. The van der Waals surface area contributed by atoms with Gasteiger partial charge in [0, 0.05) is 12.1 Å². The summed E-state index contributed by atoms with van der Waals surface area (Å²) in [5.41, 5.74) is 1.70. The zero-order valence-electron chi connectivity index (χ0n) is 18.9. The number of rotatable bonds is 11. The lowest BCUT2D eigenvalue weighted by molar-refractivity contribution is 0.0697. The average molecular weight is 452 g/mol. The second kappa shape index (κ2) is 11.1. The first-order valence-corrected chi connectivity index (χ1v) is 11.0. The van der Waals surface area contributed by atoms with Crippen molar-refractivity contribution in [3.8, 4) is 11.5 Å². The first-order valence-electron chi connectivity index (χ1n) is 11.0. The summed E-state index contributed by atoms with van der Waals surface area (Å²) >= 11 is 0. The van der Waals surface area contributed by atoms with Crippen molar-refractivity contribution in [2.24, 2.45) is 0 Å². The van der Waals surface area contributed by atoms with Crippen LogP contribution < -0.4 is 10.1 Å². The Morgan fingerprint density at radius 3 is 2.21 bits per heavy atom. The van der Waals surface area contributed by atoms with Crippen LogP contribution in [0.4, 0.5) is 4.39 Å². The Morgan fingerprint density at radius 2 is 1.61 bits per heavy atom. The van der Waals surface area contributed by atoms with Crippen LogP contribution in [0.2, 0.25) is 0 Å². The second-order valence-electron chi connectivity index (χ2n) is 8.80. The molecule has 0 aliphatic heterocycles. The van der Waals surface area contributed by atoms with Crippen LogP contribution in [0.1, 0.15) is 41.8 Å². The lowest BCUT2D eigenvalue weighted by atomic mass is 9.94. The molecule has 0 radical (unpaired) electrons. The standard InChI is InChI=1S/C27H30FNO4/c1-27(2,29-18-22(30)12-9-20-5-3-4-6-25(20)28)17-19-7-13-23(14-8-19)33-24-15-10-21(11-16-24)26(31)32/h3-8,10-11,13-16,22,29-30H,9,12,17-18H2,1-2H3,(H,31,32). The molecule has 0 saturated carbocycles. The summed E-state index contributed by atoms with van der Waals surface area (Å²) in [5, 5.41) is 22.7. The van der Waals surface area contributed by atoms with E-state index in [0.717, 1.165) is 12.0 Å². The number of carbonyl (C=O) groups is 1. The van der Waals surface area contributed by atoms with E-state index in [9.17, 15) is 14.3 Å². The van der Waals surface area contributed by atoms with Crippen molar-refractivity contribution in [1.29, 1.82) is 0 Å². The molecule has 0 fully saturated rings. The number of hydrogen-bond donors (Lipinski definition) is 3. The fourth-order valence-electron chi connectivity index (χ4n) is 3.57. The minimum atomic E-state index is -0.972. The molecule has 3 rings (SSSR count). The number of β-amino-alcohol motifs (C(OH)–C–C–N with tert-alkyl or cyclic N) is 1. The van der Waals surface area contributed by atoms with E-state index in [4.69, 9.17) is 9.84 Å². The van der Waals surface area contributed by atoms with Crippen LogP contribution in [0.5, 0.6) is 11.5 Å². The zero-order chi connectivity index (χ0) is 23.8. The van der Waals surface area contributed by atoms with Crippen molar-refractivity contribution >= 4 is 5.97 Å². The van der Waals surface area contributed by atoms with Crippen molar-refractivity contribution in [2.75, 3.05) is 6.54 Å². The van der Waals surface area contributed by atoms with Crippen LogP contribution in [0, 0.1) is 5.82 Å². The van der Waals surface area contributed by atoms with Crippen LogP contribution >= 0.6 is 0 Å². The Balaban J connectivity index is 1.46. The molecule has 0 spiro atoms. The zero-order valence-corrected chi connectivity index (χ0v) is 18.9. The maximum Gasteiger partial charge on any atom is 0.335 e. The Morgan fingerprint density at radius 1 is 1.00 bits per heavy atom. The third kappa shape index (κ3) is 7.70. The quantitative estimate of drug-likeness (QED) is 0.373. The first-order chi connectivity index (χ1) is 15.7. The van der Waals surface area contributed by atoms with Crippen molar-refractivity contribution in [2.45, 2.75) is 44.8 Å². The molecule has 0 aliphatic carbocycles. The normalized spacial score (nSPS) is 12.4. The number of nitrogens with one attached hydrogen (secondary N) is 1. The molecule has 174 valence electrons. The second-order valence-corrected chi connectivity index (χ2v) is 8.80. The van der Waals surface area contributed by atoms with E-state index in [-0.39, 0.29) is 16.9 Å². The molecular formula is C27H30FNO4. The smallest absolute Gasteiger partial charge is 0.335 e. The number of benzene rings is 3. The lowest BCUT2D eigenvalue weighted by Crippen LogP contribution is -2.45. The molecule has 3 aromatic carbocycles. The SMILES string of the molecule is CC(C)(Cc1ccc(Oc2ccc(C(=O)O)cc2)cc1)NCC(O)CCc1ccccc1F. The van der Waals surface area contributed by atoms with Crippen LogP contribution in [0.3, 0.4) is 0 Å². The minimum absolute atomic E-state index is 0.213. The van der Waals surface area contributed by atoms with Crippen molar-refractivity contribution < 1.29 is 24.1 Å². The number of aromatic carboxylic acids is 1. The predicted octanol–water partition coefficient (Wildman–Crippen LogP) is 5.22. The summed E-state index contributed by atoms with van der Waals surface area (Å²) in [7, 11) is 0. The fourth-order valence-corrected chi connectivity index (χ4v) is 3.57. The maximum atomic E-state index is 13.7. The molecule has 0 bridgehead atoms. The van der Waals surface area contributed by atoms with Gasteiger partial charge in [-0.2, -0.15) is 0 Å². The van der Waals surface area contributed by atoms with E-state index in [1.807, 2.05) is 24.3 Å². The third-order valence-corrected chi connectivity index (χ3v) is 5.43. The number of ether oxygens (including phenoxy) is 1.